The molecule has 0 unspecified atom stereocenters. The van der Waals surface area contributed by atoms with E-state index in [1.165, 1.54) is 37.4 Å². The average molecular weight is 460 g/mol. The highest BCUT2D eigenvalue weighted by atomic mass is 35.5. The van der Waals surface area contributed by atoms with Gasteiger partial charge in [-0.05, 0) is 42.7 Å². The van der Waals surface area contributed by atoms with Gasteiger partial charge < -0.3 is 14.8 Å². The Labute approximate surface area is 181 Å². The second-order valence-corrected chi connectivity index (χ2v) is 9.72. The number of hydrogen-bond donors (Lipinski definition) is 1. The third-order valence-corrected chi connectivity index (χ3v) is 5.77. The molecule has 0 aliphatic rings. The van der Waals surface area contributed by atoms with Crippen molar-refractivity contribution in [1.82, 2.24) is 0 Å². The fourth-order valence-corrected chi connectivity index (χ4v) is 3.49. The Bertz CT molecular complexity index is 1010. The van der Waals surface area contributed by atoms with Crippen LogP contribution in [0.2, 0.25) is 10.0 Å². The van der Waals surface area contributed by atoms with Gasteiger partial charge in [0.15, 0.2) is 21.3 Å². The molecule has 1 amide bonds. The van der Waals surface area contributed by atoms with Crippen LogP contribution < -0.4 is 14.8 Å². The summed E-state index contributed by atoms with van der Waals surface area (Å²) in [7, 11) is -1.99. The van der Waals surface area contributed by atoms with Crippen molar-refractivity contribution in [2.45, 2.75) is 25.2 Å². The molecule has 29 heavy (non-hydrogen) atoms. The predicted octanol–water partition coefficient (Wildman–Crippen LogP) is 5.08. The highest BCUT2D eigenvalue weighted by molar-refractivity contribution is 7.90. The quantitative estimate of drug-likeness (QED) is 0.594. The number of hydrogen-bond acceptors (Lipinski definition) is 5. The highest BCUT2D eigenvalue weighted by Gasteiger charge is 2.18. The van der Waals surface area contributed by atoms with Crippen LogP contribution in [0.4, 0.5) is 5.69 Å². The summed E-state index contributed by atoms with van der Waals surface area (Å²) in [5, 5.41) is 3.04. The first-order valence-corrected chi connectivity index (χ1v) is 11.5. The number of amides is 1. The van der Waals surface area contributed by atoms with E-state index < -0.39 is 15.7 Å². The molecule has 9 heteroatoms. The second kappa shape index (κ2) is 9.69. The number of carbonyl (C=O) groups excluding carboxylic acids is 1. The molecule has 0 bridgehead atoms. The van der Waals surface area contributed by atoms with E-state index in [1.54, 1.807) is 0 Å². The largest absolute Gasteiger partial charge is 0.493 e. The molecule has 0 heterocycles. The SMILES string of the molecule is COc1cc(C(=O)Nc2cc(S(C)(=O)=O)ccc2Cl)cc(Cl)c1OCCC(C)C. The first-order chi connectivity index (χ1) is 13.5. The second-order valence-electron chi connectivity index (χ2n) is 6.89. The lowest BCUT2D eigenvalue weighted by atomic mass is 10.1. The van der Waals surface area contributed by atoms with Gasteiger partial charge in [0.05, 0.1) is 34.3 Å². The average Bonchev–Trinajstić information content (AvgIpc) is 2.63. The molecule has 0 spiro atoms. The predicted molar refractivity (Wildman–Crippen MR) is 115 cm³/mol. The molecule has 0 aromatic heterocycles. The summed E-state index contributed by atoms with van der Waals surface area (Å²) in [5.41, 5.74) is 0.385. The van der Waals surface area contributed by atoms with Crippen LogP contribution in [0.3, 0.4) is 0 Å². The van der Waals surface area contributed by atoms with Gasteiger partial charge >= 0.3 is 0 Å². The molecule has 2 aromatic carbocycles. The standard InChI is InChI=1S/C20H23Cl2NO5S/c1-12(2)7-8-28-19-16(22)9-13(10-18(19)27-3)20(24)23-17-11-14(29(4,25)26)5-6-15(17)21/h5-6,9-12H,7-8H2,1-4H3,(H,23,24). The molecule has 2 aromatic rings. The molecular weight excluding hydrogens is 437 g/mol. The van der Waals surface area contributed by atoms with Crippen LogP contribution in [0.1, 0.15) is 30.6 Å². The summed E-state index contributed by atoms with van der Waals surface area (Å²) in [5.74, 6) is 0.634. The Morgan fingerprint density at radius 3 is 2.41 bits per heavy atom. The lowest BCUT2D eigenvalue weighted by Crippen LogP contribution is -2.13. The number of sulfone groups is 1. The highest BCUT2D eigenvalue weighted by Crippen LogP contribution is 2.37. The lowest BCUT2D eigenvalue weighted by Gasteiger charge is -2.15. The van der Waals surface area contributed by atoms with Gasteiger partial charge in [-0.3, -0.25) is 4.79 Å². The van der Waals surface area contributed by atoms with Crippen molar-refractivity contribution in [1.29, 1.82) is 0 Å². The first kappa shape index (κ1) is 23.3. The maximum absolute atomic E-state index is 12.7. The number of halogens is 2. The summed E-state index contributed by atoms with van der Waals surface area (Å²) < 4.78 is 34.5. The molecule has 0 saturated carbocycles. The van der Waals surface area contributed by atoms with E-state index >= 15 is 0 Å². The van der Waals surface area contributed by atoms with Crippen LogP contribution in [0.15, 0.2) is 35.2 Å². The summed E-state index contributed by atoms with van der Waals surface area (Å²) in [4.78, 5) is 12.7. The van der Waals surface area contributed by atoms with E-state index in [0.717, 1.165) is 12.7 Å². The minimum Gasteiger partial charge on any atom is -0.493 e. The molecule has 0 saturated heterocycles. The molecule has 6 nitrogen and oxygen atoms in total. The molecule has 2 rings (SSSR count). The van der Waals surface area contributed by atoms with E-state index in [9.17, 15) is 13.2 Å². The van der Waals surface area contributed by atoms with Crippen LogP contribution in [0, 0.1) is 5.92 Å². The Hall–Kier alpha value is -1.96. The maximum atomic E-state index is 12.7. The van der Waals surface area contributed by atoms with Crippen molar-refractivity contribution >= 4 is 44.6 Å². The van der Waals surface area contributed by atoms with Crippen LogP contribution >= 0.6 is 23.2 Å². The normalized spacial score (nSPS) is 11.4. The maximum Gasteiger partial charge on any atom is 0.255 e. The van der Waals surface area contributed by atoms with Crippen molar-refractivity contribution in [3.8, 4) is 11.5 Å². The van der Waals surface area contributed by atoms with Gasteiger partial charge in [-0.2, -0.15) is 0 Å². The van der Waals surface area contributed by atoms with E-state index in [2.05, 4.69) is 19.2 Å². The summed E-state index contributed by atoms with van der Waals surface area (Å²) in [6.45, 7) is 4.63. The summed E-state index contributed by atoms with van der Waals surface area (Å²) in [6.07, 6.45) is 1.92. The van der Waals surface area contributed by atoms with Gasteiger partial charge in [0, 0.05) is 11.8 Å². The molecule has 0 aliphatic heterocycles. The fraction of sp³-hybridized carbons (Fsp3) is 0.350. The zero-order valence-electron chi connectivity index (χ0n) is 16.6. The Kier molecular flexibility index (Phi) is 7.80. The smallest absolute Gasteiger partial charge is 0.255 e. The van der Waals surface area contributed by atoms with Crippen molar-refractivity contribution in [3.05, 3.63) is 45.9 Å². The minimum atomic E-state index is -3.45. The number of nitrogens with one attached hydrogen (secondary N) is 1. The number of benzene rings is 2. The van der Waals surface area contributed by atoms with Gasteiger partial charge in [-0.25, -0.2) is 8.42 Å². The number of anilines is 1. The van der Waals surface area contributed by atoms with Crippen LogP contribution in [-0.2, 0) is 9.84 Å². The Balaban J connectivity index is 2.29. The number of carbonyl (C=O) groups is 1. The van der Waals surface area contributed by atoms with Gasteiger partial charge in [0.1, 0.15) is 0 Å². The van der Waals surface area contributed by atoms with Crippen LogP contribution in [-0.4, -0.2) is 34.3 Å². The first-order valence-electron chi connectivity index (χ1n) is 8.84. The van der Waals surface area contributed by atoms with E-state index in [1.807, 2.05) is 0 Å². The molecule has 0 radical (unpaired) electrons. The number of ether oxygens (including phenoxy) is 2. The summed E-state index contributed by atoms with van der Waals surface area (Å²) in [6, 6.07) is 7.04. The van der Waals surface area contributed by atoms with Crippen molar-refractivity contribution in [2.24, 2.45) is 5.92 Å². The van der Waals surface area contributed by atoms with Gasteiger partial charge in [0.2, 0.25) is 0 Å². The molecule has 0 atom stereocenters. The molecule has 0 aliphatic carbocycles. The topological polar surface area (TPSA) is 81.7 Å². The van der Waals surface area contributed by atoms with Crippen molar-refractivity contribution in [2.75, 3.05) is 25.3 Å². The monoisotopic (exact) mass is 459 g/mol. The van der Waals surface area contributed by atoms with Crippen molar-refractivity contribution in [3.63, 3.8) is 0 Å². The zero-order valence-corrected chi connectivity index (χ0v) is 18.9. The van der Waals surface area contributed by atoms with Gasteiger partial charge in [0.25, 0.3) is 5.91 Å². The molecule has 0 fully saturated rings. The van der Waals surface area contributed by atoms with Gasteiger partial charge in [-0.15, -0.1) is 0 Å². The minimum absolute atomic E-state index is 0.0433. The van der Waals surface area contributed by atoms with Crippen LogP contribution in [0.25, 0.3) is 0 Å². The number of rotatable bonds is 8. The molecule has 1 N–H and O–H groups in total. The van der Waals surface area contributed by atoms with Crippen LogP contribution in [0.5, 0.6) is 11.5 Å². The number of methoxy groups -OCH3 is 1. The van der Waals surface area contributed by atoms with E-state index in [-0.39, 0.29) is 26.2 Å². The fourth-order valence-electron chi connectivity index (χ4n) is 2.41. The third-order valence-electron chi connectivity index (χ3n) is 4.05. The molecular formula is C20H23Cl2NO5S. The third kappa shape index (κ3) is 6.26. The Morgan fingerprint density at radius 1 is 1.14 bits per heavy atom. The molecule has 158 valence electrons. The summed E-state index contributed by atoms with van der Waals surface area (Å²) >= 11 is 12.4. The van der Waals surface area contributed by atoms with E-state index in [0.29, 0.717) is 24.0 Å². The zero-order chi connectivity index (χ0) is 21.8. The Morgan fingerprint density at radius 2 is 1.83 bits per heavy atom. The van der Waals surface area contributed by atoms with E-state index in [4.69, 9.17) is 32.7 Å². The van der Waals surface area contributed by atoms with Gasteiger partial charge in [-0.1, -0.05) is 37.0 Å². The van der Waals surface area contributed by atoms with Crippen molar-refractivity contribution < 1.29 is 22.7 Å². The lowest BCUT2D eigenvalue weighted by molar-refractivity contribution is 0.102.